The minimum atomic E-state index is -0.842. The quantitative estimate of drug-likeness (QED) is 0.810. The number of carbonyl (C=O) groups excluding carboxylic acids is 1. The first kappa shape index (κ1) is 12.8. The maximum absolute atomic E-state index is 13.4. The largest absolute Gasteiger partial charge is 0.490 e. The molecule has 0 saturated carbocycles. The SMILES string of the molecule is NC(=O)c1c(F)cccc1OCC1CNCCO1. The lowest BCUT2D eigenvalue weighted by molar-refractivity contribution is -0.0000322. The van der Waals surface area contributed by atoms with E-state index >= 15 is 0 Å². The van der Waals surface area contributed by atoms with Crippen LogP contribution in [0.3, 0.4) is 0 Å². The van der Waals surface area contributed by atoms with Crippen LogP contribution in [-0.2, 0) is 4.74 Å². The van der Waals surface area contributed by atoms with Gasteiger partial charge in [0.05, 0.1) is 6.61 Å². The van der Waals surface area contributed by atoms with Crippen molar-refractivity contribution in [2.24, 2.45) is 5.73 Å². The second-order valence-corrected chi connectivity index (χ2v) is 3.99. The normalized spacial score (nSPS) is 19.5. The Morgan fingerprint density at radius 3 is 3.11 bits per heavy atom. The number of hydrogen-bond donors (Lipinski definition) is 2. The standard InChI is InChI=1S/C12H15FN2O3/c13-9-2-1-3-10(11(9)12(14)16)18-7-8-6-15-4-5-17-8/h1-3,8,15H,4-7H2,(H2,14,16). The zero-order chi connectivity index (χ0) is 13.0. The molecule has 5 nitrogen and oxygen atoms in total. The summed E-state index contributed by atoms with van der Waals surface area (Å²) in [6.45, 7) is 2.33. The molecule has 1 saturated heterocycles. The molecule has 0 aliphatic carbocycles. The van der Waals surface area contributed by atoms with Crippen LogP contribution in [0.15, 0.2) is 18.2 Å². The van der Waals surface area contributed by atoms with E-state index in [-0.39, 0.29) is 24.0 Å². The molecule has 1 aromatic rings. The van der Waals surface area contributed by atoms with E-state index in [0.717, 1.165) is 6.54 Å². The first-order chi connectivity index (χ1) is 8.68. The van der Waals surface area contributed by atoms with Crippen LogP contribution in [0.1, 0.15) is 10.4 Å². The second-order valence-electron chi connectivity index (χ2n) is 3.99. The lowest BCUT2D eigenvalue weighted by Gasteiger charge is -2.24. The molecule has 1 amide bonds. The number of carbonyl (C=O) groups is 1. The predicted molar refractivity (Wildman–Crippen MR) is 63.0 cm³/mol. The molecule has 1 fully saturated rings. The van der Waals surface area contributed by atoms with E-state index in [1.54, 1.807) is 0 Å². The highest BCUT2D eigenvalue weighted by Gasteiger charge is 2.18. The fourth-order valence-corrected chi connectivity index (χ4v) is 1.77. The first-order valence-corrected chi connectivity index (χ1v) is 5.72. The van der Waals surface area contributed by atoms with Crippen molar-refractivity contribution in [3.63, 3.8) is 0 Å². The maximum Gasteiger partial charge on any atom is 0.255 e. The summed E-state index contributed by atoms with van der Waals surface area (Å²) in [6, 6.07) is 4.15. The van der Waals surface area contributed by atoms with Crippen molar-refractivity contribution in [3.05, 3.63) is 29.6 Å². The van der Waals surface area contributed by atoms with E-state index in [1.165, 1.54) is 18.2 Å². The molecule has 2 rings (SSSR count). The van der Waals surface area contributed by atoms with Crippen LogP contribution in [0.4, 0.5) is 4.39 Å². The van der Waals surface area contributed by atoms with Crippen LogP contribution in [0.2, 0.25) is 0 Å². The first-order valence-electron chi connectivity index (χ1n) is 5.72. The van der Waals surface area contributed by atoms with Crippen LogP contribution in [0, 0.1) is 5.82 Å². The van der Waals surface area contributed by atoms with Gasteiger partial charge in [0.1, 0.15) is 29.8 Å². The van der Waals surface area contributed by atoms with Crippen LogP contribution in [0.25, 0.3) is 0 Å². The minimum Gasteiger partial charge on any atom is -0.490 e. The van der Waals surface area contributed by atoms with Gasteiger partial charge in [-0.25, -0.2) is 4.39 Å². The summed E-state index contributed by atoms with van der Waals surface area (Å²) in [4.78, 5) is 11.2. The Hall–Kier alpha value is -1.66. The molecular formula is C12H15FN2O3. The number of benzene rings is 1. The van der Waals surface area contributed by atoms with Crippen molar-refractivity contribution in [2.75, 3.05) is 26.3 Å². The highest BCUT2D eigenvalue weighted by atomic mass is 19.1. The summed E-state index contributed by atoms with van der Waals surface area (Å²) in [5, 5.41) is 3.15. The van der Waals surface area contributed by atoms with Crippen LogP contribution in [0.5, 0.6) is 5.75 Å². The monoisotopic (exact) mass is 254 g/mol. The second kappa shape index (κ2) is 5.79. The third-order valence-electron chi connectivity index (χ3n) is 2.65. The number of primary amides is 1. The lowest BCUT2D eigenvalue weighted by Crippen LogP contribution is -2.41. The number of nitrogens with two attached hydrogens (primary N) is 1. The fourth-order valence-electron chi connectivity index (χ4n) is 1.77. The van der Waals surface area contributed by atoms with E-state index < -0.39 is 11.7 Å². The van der Waals surface area contributed by atoms with E-state index in [1.807, 2.05) is 0 Å². The molecule has 0 spiro atoms. The van der Waals surface area contributed by atoms with Gasteiger partial charge in [-0.1, -0.05) is 6.07 Å². The van der Waals surface area contributed by atoms with Crippen molar-refractivity contribution in [3.8, 4) is 5.75 Å². The Labute approximate surface area is 104 Å². The Morgan fingerprint density at radius 2 is 2.44 bits per heavy atom. The van der Waals surface area contributed by atoms with Crippen molar-refractivity contribution in [1.82, 2.24) is 5.32 Å². The fraction of sp³-hybridized carbons (Fsp3) is 0.417. The Bertz CT molecular complexity index is 433. The predicted octanol–water partition coefficient (Wildman–Crippen LogP) is 0.292. The van der Waals surface area contributed by atoms with Crippen LogP contribution < -0.4 is 15.8 Å². The van der Waals surface area contributed by atoms with Gasteiger partial charge in [-0.3, -0.25) is 4.79 Å². The van der Waals surface area contributed by atoms with Crippen LogP contribution >= 0.6 is 0 Å². The Kier molecular flexibility index (Phi) is 4.11. The summed E-state index contributed by atoms with van der Waals surface area (Å²) in [5.41, 5.74) is 4.90. The molecule has 1 aliphatic heterocycles. The van der Waals surface area contributed by atoms with E-state index in [4.69, 9.17) is 15.2 Å². The van der Waals surface area contributed by atoms with Gasteiger partial charge in [0.25, 0.3) is 5.91 Å². The molecule has 0 aromatic heterocycles. The van der Waals surface area contributed by atoms with Gasteiger partial charge in [0.15, 0.2) is 0 Å². The number of ether oxygens (including phenoxy) is 2. The van der Waals surface area contributed by atoms with E-state index in [2.05, 4.69) is 5.32 Å². The number of rotatable bonds is 4. The molecule has 98 valence electrons. The van der Waals surface area contributed by atoms with Crippen LogP contribution in [-0.4, -0.2) is 38.3 Å². The van der Waals surface area contributed by atoms with Gasteiger partial charge in [-0.15, -0.1) is 0 Å². The average Bonchev–Trinajstić information content (AvgIpc) is 2.37. The van der Waals surface area contributed by atoms with Crippen molar-refractivity contribution >= 4 is 5.91 Å². The van der Waals surface area contributed by atoms with Gasteiger partial charge in [-0.2, -0.15) is 0 Å². The summed E-state index contributed by atoms with van der Waals surface area (Å²) in [6.07, 6.45) is -0.109. The lowest BCUT2D eigenvalue weighted by atomic mass is 10.2. The van der Waals surface area contributed by atoms with Gasteiger partial charge < -0.3 is 20.5 Å². The molecule has 0 bridgehead atoms. The highest BCUT2D eigenvalue weighted by molar-refractivity contribution is 5.95. The Morgan fingerprint density at radius 1 is 1.61 bits per heavy atom. The minimum absolute atomic E-state index is 0.109. The van der Waals surface area contributed by atoms with Crippen molar-refractivity contribution < 1.29 is 18.7 Å². The molecule has 3 N–H and O–H groups in total. The van der Waals surface area contributed by atoms with E-state index in [9.17, 15) is 9.18 Å². The number of halogens is 1. The highest BCUT2D eigenvalue weighted by Crippen LogP contribution is 2.21. The summed E-state index contributed by atoms with van der Waals surface area (Å²) < 4.78 is 24.3. The zero-order valence-electron chi connectivity index (χ0n) is 9.82. The van der Waals surface area contributed by atoms with Gasteiger partial charge in [0.2, 0.25) is 0 Å². The summed E-state index contributed by atoms with van der Waals surface area (Å²) in [7, 11) is 0. The molecule has 1 aliphatic rings. The number of nitrogens with one attached hydrogen (secondary N) is 1. The molecule has 1 atom stereocenters. The topological polar surface area (TPSA) is 73.6 Å². The van der Waals surface area contributed by atoms with E-state index in [0.29, 0.717) is 13.2 Å². The Balaban J connectivity index is 2.04. The molecular weight excluding hydrogens is 239 g/mol. The number of hydrogen-bond acceptors (Lipinski definition) is 4. The number of morpholine rings is 1. The number of amides is 1. The average molecular weight is 254 g/mol. The molecule has 0 radical (unpaired) electrons. The van der Waals surface area contributed by atoms with Gasteiger partial charge >= 0.3 is 0 Å². The summed E-state index contributed by atoms with van der Waals surface area (Å²) in [5.74, 6) is -1.37. The zero-order valence-corrected chi connectivity index (χ0v) is 9.82. The van der Waals surface area contributed by atoms with Gasteiger partial charge in [-0.05, 0) is 12.1 Å². The van der Waals surface area contributed by atoms with Crippen molar-refractivity contribution in [2.45, 2.75) is 6.10 Å². The molecule has 18 heavy (non-hydrogen) atoms. The summed E-state index contributed by atoms with van der Waals surface area (Å²) >= 11 is 0. The maximum atomic E-state index is 13.4. The third-order valence-corrected chi connectivity index (χ3v) is 2.65. The van der Waals surface area contributed by atoms with Gasteiger partial charge in [0, 0.05) is 13.1 Å². The third kappa shape index (κ3) is 2.96. The van der Waals surface area contributed by atoms with Crippen molar-refractivity contribution in [1.29, 1.82) is 0 Å². The smallest absolute Gasteiger partial charge is 0.255 e. The molecule has 1 heterocycles. The molecule has 6 heteroatoms. The molecule has 1 aromatic carbocycles. The molecule has 1 unspecified atom stereocenters.